The van der Waals surface area contributed by atoms with Gasteiger partial charge in [-0.1, -0.05) is 90.1 Å². The molecule has 1 aliphatic carbocycles. The lowest BCUT2D eigenvalue weighted by atomic mass is 9.86. The van der Waals surface area contributed by atoms with E-state index in [1.807, 2.05) is 55.5 Å². The van der Waals surface area contributed by atoms with E-state index in [0.29, 0.717) is 28.5 Å². The molecule has 38 heavy (non-hydrogen) atoms. The molecule has 0 aromatic heterocycles. The van der Waals surface area contributed by atoms with Crippen molar-refractivity contribution in [3.05, 3.63) is 93.5 Å². The summed E-state index contributed by atoms with van der Waals surface area (Å²) in [5.74, 6) is -1.99. The van der Waals surface area contributed by atoms with Crippen LogP contribution < -0.4 is 5.32 Å². The fourth-order valence-corrected chi connectivity index (χ4v) is 5.45. The summed E-state index contributed by atoms with van der Waals surface area (Å²) < 4.78 is 0. The molecule has 0 spiro atoms. The second kappa shape index (κ2) is 12.6. The Labute approximate surface area is 233 Å². The van der Waals surface area contributed by atoms with Crippen molar-refractivity contribution in [3.8, 4) is 11.1 Å². The van der Waals surface area contributed by atoms with Crippen LogP contribution in [-0.4, -0.2) is 28.8 Å². The van der Waals surface area contributed by atoms with E-state index < -0.39 is 17.9 Å². The Balaban J connectivity index is 1.42. The molecular formula is C31H31Cl2NO4. The summed E-state index contributed by atoms with van der Waals surface area (Å²) in [6.45, 7) is 1.97. The standard InChI is InChI=1S/C31H31Cl2NO4/c1-19-6-10-22(11-7-19)29(35)23-4-2-3-5-24(17-23)30(36)34-28(31(37)38)16-20-8-12-21(13-9-20)26-18-25(32)14-15-27(26)33/h6-15,18,23-24,28H,2-5,16-17H2,1H3,(H,34,36)(H,37,38)/t23?,24?,28-/m0/s1. The zero-order chi connectivity index (χ0) is 27.2. The average molecular weight is 552 g/mol. The number of aryl methyl sites for hydroxylation is 1. The van der Waals surface area contributed by atoms with Crippen LogP contribution in [0.2, 0.25) is 10.0 Å². The number of amides is 1. The maximum absolute atomic E-state index is 13.2. The first kappa shape index (κ1) is 27.9. The number of benzene rings is 3. The van der Waals surface area contributed by atoms with Gasteiger partial charge in [0.2, 0.25) is 5.91 Å². The number of carbonyl (C=O) groups is 3. The summed E-state index contributed by atoms with van der Waals surface area (Å²) in [6.07, 6.45) is 3.66. The Bertz CT molecular complexity index is 1300. The molecule has 4 rings (SSSR count). The number of Topliss-reactive ketones (excluding diaryl/α,β-unsaturated/α-hetero) is 1. The molecule has 2 unspecified atom stereocenters. The zero-order valence-corrected chi connectivity index (χ0v) is 22.8. The number of nitrogens with one attached hydrogen (secondary N) is 1. The second-order valence-electron chi connectivity index (χ2n) is 10.1. The monoisotopic (exact) mass is 551 g/mol. The fraction of sp³-hybridized carbons (Fsp3) is 0.323. The number of carboxylic acid groups (broad SMARTS) is 1. The molecule has 0 radical (unpaired) electrons. The summed E-state index contributed by atoms with van der Waals surface area (Å²) >= 11 is 12.4. The predicted octanol–water partition coefficient (Wildman–Crippen LogP) is 7.16. The smallest absolute Gasteiger partial charge is 0.326 e. The normalized spacial score (nSPS) is 18.3. The molecular weight excluding hydrogens is 521 g/mol. The van der Waals surface area contributed by atoms with Crippen molar-refractivity contribution in [2.24, 2.45) is 11.8 Å². The molecule has 0 bridgehead atoms. The molecule has 1 saturated carbocycles. The number of ketones is 1. The Morgan fingerprint density at radius 3 is 2.24 bits per heavy atom. The van der Waals surface area contributed by atoms with E-state index in [2.05, 4.69) is 5.32 Å². The van der Waals surface area contributed by atoms with Crippen molar-refractivity contribution in [2.45, 2.75) is 51.5 Å². The van der Waals surface area contributed by atoms with Crippen LogP contribution in [0, 0.1) is 18.8 Å². The fourth-order valence-electron chi connectivity index (χ4n) is 5.05. The molecule has 0 heterocycles. The van der Waals surface area contributed by atoms with Crippen molar-refractivity contribution in [1.29, 1.82) is 0 Å². The van der Waals surface area contributed by atoms with Crippen LogP contribution in [0.4, 0.5) is 0 Å². The quantitative estimate of drug-likeness (QED) is 0.230. The molecule has 0 aliphatic heterocycles. The van der Waals surface area contributed by atoms with Crippen molar-refractivity contribution in [2.75, 3.05) is 0 Å². The van der Waals surface area contributed by atoms with E-state index in [1.54, 1.807) is 18.2 Å². The van der Waals surface area contributed by atoms with E-state index in [-0.39, 0.29) is 24.0 Å². The summed E-state index contributed by atoms with van der Waals surface area (Å²) in [7, 11) is 0. The van der Waals surface area contributed by atoms with Gasteiger partial charge >= 0.3 is 5.97 Å². The van der Waals surface area contributed by atoms with Gasteiger partial charge in [0, 0.05) is 39.4 Å². The first-order valence-corrected chi connectivity index (χ1v) is 13.7. The number of carboxylic acids is 1. The number of halogens is 2. The molecule has 5 nitrogen and oxygen atoms in total. The number of hydrogen-bond donors (Lipinski definition) is 2. The van der Waals surface area contributed by atoms with Gasteiger partial charge in [-0.15, -0.1) is 0 Å². The van der Waals surface area contributed by atoms with Crippen molar-refractivity contribution in [1.82, 2.24) is 5.32 Å². The minimum absolute atomic E-state index is 0.0550. The van der Waals surface area contributed by atoms with Gasteiger partial charge in [-0.3, -0.25) is 9.59 Å². The molecule has 3 atom stereocenters. The Hall–Kier alpha value is -3.15. The third kappa shape index (κ3) is 7.03. The van der Waals surface area contributed by atoms with Gasteiger partial charge in [0.15, 0.2) is 5.78 Å². The van der Waals surface area contributed by atoms with Gasteiger partial charge in [-0.05, 0) is 55.5 Å². The van der Waals surface area contributed by atoms with Crippen LogP contribution in [0.15, 0.2) is 66.7 Å². The van der Waals surface area contributed by atoms with Crippen LogP contribution in [0.25, 0.3) is 11.1 Å². The number of carbonyl (C=O) groups excluding carboxylic acids is 2. The van der Waals surface area contributed by atoms with E-state index >= 15 is 0 Å². The van der Waals surface area contributed by atoms with Gasteiger partial charge < -0.3 is 10.4 Å². The highest BCUT2D eigenvalue weighted by molar-refractivity contribution is 6.35. The maximum Gasteiger partial charge on any atom is 0.326 e. The predicted molar refractivity (Wildman–Crippen MR) is 151 cm³/mol. The summed E-state index contributed by atoms with van der Waals surface area (Å²) in [5, 5.41) is 13.7. The maximum atomic E-state index is 13.2. The molecule has 1 fully saturated rings. The highest BCUT2D eigenvalue weighted by Crippen LogP contribution is 2.32. The van der Waals surface area contributed by atoms with E-state index in [0.717, 1.165) is 41.5 Å². The third-order valence-electron chi connectivity index (χ3n) is 7.25. The highest BCUT2D eigenvalue weighted by Gasteiger charge is 2.32. The van der Waals surface area contributed by atoms with Crippen molar-refractivity contribution < 1.29 is 19.5 Å². The van der Waals surface area contributed by atoms with Crippen LogP contribution in [0.3, 0.4) is 0 Å². The molecule has 1 aliphatic rings. The third-order valence-corrected chi connectivity index (χ3v) is 7.81. The molecule has 3 aromatic rings. The van der Waals surface area contributed by atoms with Gasteiger partial charge in [-0.25, -0.2) is 4.79 Å². The molecule has 198 valence electrons. The first-order valence-electron chi connectivity index (χ1n) is 12.9. The zero-order valence-electron chi connectivity index (χ0n) is 21.3. The van der Waals surface area contributed by atoms with Crippen LogP contribution >= 0.6 is 23.2 Å². The van der Waals surface area contributed by atoms with E-state index in [9.17, 15) is 19.5 Å². The van der Waals surface area contributed by atoms with Gasteiger partial charge in [0.05, 0.1) is 0 Å². The summed E-state index contributed by atoms with van der Waals surface area (Å²) in [4.78, 5) is 38.4. The molecule has 3 aromatic carbocycles. The average Bonchev–Trinajstić information content (AvgIpc) is 3.17. The second-order valence-corrected chi connectivity index (χ2v) is 10.9. The highest BCUT2D eigenvalue weighted by atomic mass is 35.5. The summed E-state index contributed by atoms with van der Waals surface area (Å²) in [5.41, 5.74) is 4.17. The largest absolute Gasteiger partial charge is 0.480 e. The van der Waals surface area contributed by atoms with Gasteiger partial charge in [-0.2, -0.15) is 0 Å². The van der Waals surface area contributed by atoms with Crippen LogP contribution in [0.5, 0.6) is 0 Å². The number of hydrogen-bond acceptors (Lipinski definition) is 3. The minimum atomic E-state index is -1.10. The number of aliphatic carboxylic acids is 1. The lowest BCUT2D eigenvalue weighted by Gasteiger charge is -2.22. The molecule has 1 amide bonds. The lowest BCUT2D eigenvalue weighted by molar-refractivity contribution is -0.142. The molecule has 2 N–H and O–H groups in total. The van der Waals surface area contributed by atoms with Gasteiger partial charge in [0.25, 0.3) is 0 Å². The Morgan fingerprint density at radius 2 is 1.58 bits per heavy atom. The van der Waals surface area contributed by atoms with Crippen LogP contribution in [-0.2, 0) is 16.0 Å². The van der Waals surface area contributed by atoms with Gasteiger partial charge in [0.1, 0.15) is 6.04 Å². The van der Waals surface area contributed by atoms with E-state index in [4.69, 9.17) is 23.2 Å². The Morgan fingerprint density at radius 1 is 0.921 bits per heavy atom. The van der Waals surface area contributed by atoms with Crippen molar-refractivity contribution >= 4 is 40.9 Å². The SMILES string of the molecule is Cc1ccc(C(=O)C2CCCCC(C(=O)N[C@@H](Cc3ccc(-c4cc(Cl)ccc4Cl)cc3)C(=O)O)C2)cc1. The first-order chi connectivity index (χ1) is 18.2. The van der Waals surface area contributed by atoms with Crippen molar-refractivity contribution in [3.63, 3.8) is 0 Å². The summed E-state index contributed by atoms with van der Waals surface area (Å²) in [6, 6.07) is 19.1. The topological polar surface area (TPSA) is 83.5 Å². The van der Waals surface area contributed by atoms with E-state index in [1.165, 1.54) is 0 Å². The Kier molecular flexibility index (Phi) is 9.24. The van der Waals surface area contributed by atoms with Crippen LogP contribution in [0.1, 0.15) is 53.6 Å². The lowest BCUT2D eigenvalue weighted by Crippen LogP contribution is -2.45. The minimum Gasteiger partial charge on any atom is -0.480 e. The number of rotatable bonds is 8. The molecule has 7 heteroatoms. The molecule has 0 saturated heterocycles.